The lowest BCUT2D eigenvalue weighted by atomic mass is 10.2. The topological polar surface area (TPSA) is 72.7 Å². The molecule has 0 bridgehead atoms. The molecule has 3 aromatic heterocycles. The van der Waals surface area contributed by atoms with Crippen LogP contribution in [0, 0.1) is 0 Å². The number of thiazole rings is 1. The SMILES string of the molecule is Cn1nc(C(F)(F)F)cc1C(=O)NC1(c2cnc(-c3ccnc(C4CC4)c3)s2)CC1. The maximum absolute atomic E-state index is 12.9. The molecule has 10 heteroatoms. The first kappa shape index (κ1) is 19.2. The molecule has 156 valence electrons. The third-order valence-electron chi connectivity index (χ3n) is 5.51. The van der Waals surface area contributed by atoms with Crippen molar-refractivity contribution in [3.8, 4) is 10.6 Å². The summed E-state index contributed by atoms with van der Waals surface area (Å²) in [5.74, 6) is -0.0354. The van der Waals surface area contributed by atoms with Crippen LogP contribution < -0.4 is 5.32 Å². The first-order valence-electron chi connectivity index (χ1n) is 9.62. The smallest absolute Gasteiger partial charge is 0.340 e. The van der Waals surface area contributed by atoms with Crippen molar-refractivity contribution in [2.24, 2.45) is 7.05 Å². The van der Waals surface area contributed by atoms with Crippen LogP contribution >= 0.6 is 11.3 Å². The van der Waals surface area contributed by atoms with E-state index in [9.17, 15) is 18.0 Å². The van der Waals surface area contributed by atoms with Gasteiger partial charge in [-0.25, -0.2) is 4.98 Å². The Morgan fingerprint density at radius 2 is 2.03 bits per heavy atom. The Labute approximate surface area is 174 Å². The molecular weight excluding hydrogens is 415 g/mol. The first-order valence-corrected chi connectivity index (χ1v) is 10.4. The van der Waals surface area contributed by atoms with E-state index in [4.69, 9.17) is 0 Å². The highest BCUT2D eigenvalue weighted by atomic mass is 32.1. The van der Waals surface area contributed by atoms with Gasteiger partial charge in [0.2, 0.25) is 0 Å². The van der Waals surface area contributed by atoms with Crippen LogP contribution in [0.1, 0.15) is 58.4 Å². The fourth-order valence-electron chi connectivity index (χ4n) is 3.47. The number of nitrogens with zero attached hydrogens (tertiary/aromatic N) is 4. The summed E-state index contributed by atoms with van der Waals surface area (Å²) in [5.41, 5.74) is 0.287. The van der Waals surface area contributed by atoms with Gasteiger partial charge in [-0.05, 0) is 37.8 Å². The summed E-state index contributed by atoms with van der Waals surface area (Å²) in [6.45, 7) is 0. The Hall–Kier alpha value is -2.75. The number of pyridine rings is 1. The second-order valence-electron chi connectivity index (χ2n) is 7.85. The van der Waals surface area contributed by atoms with E-state index in [-0.39, 0.29) is 5.69 Å². The molecule has 30 heavy (non-hydrogen) atoms. The minimum atomic E-state index is -4.59. The van der Waals surface area contributed by atoms with E-state index in [0.717, 1.165) is 31.9 Å². The molecule has 5 rings (SSSR count). The maximum atomic E-state index is 12.9. The number of rotatable bonds is 5. The van der Waals surface area contributed by atoms with Crippen LogP contribution in [0.25, 0.3) is 10.6 Å². The van der Waals surface area contributed by atoms with Gasteiger partial charge in [-0.2, -0.15) is 18.3 Å². The largest absolute Gasteiger partial charge is 0.435 e. The van der Waals surface area contributed by atoms with E-state index in [1.807, 2.05) is 6.07 Å². The zero-order valence-electron chi connectivity index (χ0n) is 16.0. The Morgan fingerprint density at radius 1 is 1.27 bits per heavy atom. The number of nitrogens with one attached hydrogen (secondary N) is 1. The molecule has 0 aromatic carbocycles. The van der Waals surface area contributed by atoms with Crippen molar-refractivity contribution >= 4 is 17.2 Å². The lowest BCUT2D eigenvalue weighted by molar-refractivity contribution is -0.141. The summed E-state index contributed by atoms with van der Waals surface area (Å²) in [5, 5.41) is 7.16. The number of aryl methyl sites for hydroxylation is 1. The molecule has 0 radical (unpaired) electrons. The molecule has 3 heterocycles. The van der Waals surface area contributed by atoms with Crippen molar-refractivity contribution in [1.82, 2.24) is 25.1 Å². The minimum Gasteiger partial charge on any atom is -0.340 e. The van der Waals surface area contributed by atoms with Crippen LogP contribution in [0.15, 0.2) is 30.6 Å². The van der Waals surface area contributed by atoms with E-state index >= 15 is 0 Å². The number of hydrogen-bond donors (Lipinski definition) is 1. The van der Waals surface area contributed by atoms with Gasteiger partial charge in [0.15, 0.2) is 5.69 Å². The van der Waals surface area contributed by atoms with Crippen molar-refractivity contribution in [3.05, 3.63) is 52.6 Å². The summed E-state index contributed by atoms with van der Waals surface area (Å²) in [4.78, 5) is 22.5. The summed E-state index contributed by atoms with van der Waals surface area (Å²) < 4.78 is 39.6. The fraction of sp³-hybridized carbons (Fsp3) is 0.400. The molecule has 1 N–H and O–H groups in total. The number of halogens is 3. The number of carbonyl (C=O) groups excluding carboxylic acids is 1. The average Bonchev–Trinajstić information content (AvgIpc) is 3.60. The third-order valence-corrected chi connectivity index (χ3v) is 6.76. The summed E-state index contributed by atoms with van der Waals surface area (Å²) in [7, 11) is 1.33. The number of alkyl halides is 3. The van der Waals surface area contributed by atoms with Crippen molar-refractivity contribution < 1.29 is 18.0 Å². The highest BCUT2D eigenvalue weighted by molar-refractivity contribution is 7.15. The zero-order valence-corrected chi connectivity index (χ0v) is 16.8. The average molecular weight is 433 g/mol. The molecule has 0 saturated heterocycles. The Balaban J connectivity index is 1.36. The summed E-state index contributed by atoms with van der Waals surface area (Å²) in [6.07, 6.45) is 2.71. The van der Waals surface area contributed by atoms with Crippen LogP contribution in [-0.2, 0) is 18.8 Å². The van der Waals surface area contributed by atoms with Crippen LogP contribution in [0.3, 0.4) is 0 Å². The van der Waals surface area contributed by atoms with Crippen LogP contribution in [0.2, 0.25) is 0 Å². The summed E-state index contributed by atoms with van der Waals surface area (Å²) in [6, 6.07) is 4.76. The minimum absolute atomic E-state index is 0.124. The van der Waals surface area contributed by atoms with Gasteiger partial charge < -0.3 is 5.32 Å². The molecule has 2 aliphatic rings. The Morgan fingerprint density at radius 3 is 2.67 bits per heavy atom. The normalized spacial score (nSPS) is 17.7. The van der Waals surface area contributed by atoms with E-state index < -0.39 is 23.3 Å². The second-order valence-corrected chi connectivity index (χ2v) is 8.88. The van der Waals surface area contributed by atoms with Gasteiger partial charge in [0.05, 0.1) is 10.4 Å². The predicted molar refractivity (Wildman–Crippen MR) is 104 cm³/mol. The van der Waals surface area contributed by atoms with Crippen LogP contribution in [0.5, 0.6) is 0 Å². The van der Waals surface area contributed by atoms with Crippen molar-refractivity contribution in [1.29, 1.82) is 0 Å². The highest BCUT2D eigenvalue weighted by Gasteiger charge is 2.48. The maximum Gasteiger partial charge on any atom is 0.435 e. The van der Waals surface area contributed by atoms with Crippen molar-refractivity contribution in [2.75, 3.05) is 0 Å². The Kier molecular flexibility index (Phi) is 4.25. The standard InChI is InChI=1S/C20H18F3N5OS/c1-28-14(9-15(27-28)20(21,22)23)17(29)26-19(5-6-19)16-10-25-18(30-16)12-4-7-24-13(8-12)11-2-3-11/h4,7-11H,2-3,5-6H2,1H3,(H,26,29). The lowest BCUT2D eigenvalue weighted by Crippen LogP contribution is -2.35. The quantitative estimate of drug-likeness (QED) is 0.653. The molecule has 3 aromatic rings. The van der Waals surface area contributed by atoms with Crippen LogP contribution in [-0.4, -0.2) is 25.7 Å². The number of aromatic nitrogens is 4. The van der Waals surface area contributed by atoms with E-state index in [2.05, 4.69) is 26.4 Å². The number of amides is 1. The highest BCUT2D eigenvalue weighted by Crippen LogP contribution is 2.49. The van der Waals surface area contributed by atoms with Crippen molar-refractivity contribution in [3.63, 3.8) is 0 Å². The van der Waals surface area contributed by atoms with Gasteiger partial charge in [-0.1, -0.05) is 0 Å². The molecular formula is C20H18F3N5OS. The second kappa shape index (κ2) is 6.63. The molecule has 2 fully saturated rings. The molecule has 2 aliphatic carbocycles. The lowest BCUT2D eigenvalue weighted by Gasteiger charge is -2.15. The molecule has 0 aliphatic heterocycles. The van der Waals surface area contributed by atoms with Gasteiger partial charge in [-0.3, -0.25) is 14.5 Å². The van der Waals surface area contributed by atoms with Crippen LogP contribution in [0.4, 0.5) is 13.2 Å². The van der Waals surface area contributed by atoms with E-state index in [1.165, 1.54) is 31.2 Å². The third kappa shape index (κ3) is 3.49. The van der Waals surface area contributed by atoms with E-state index in [0.29, 0.717) is 18.8 Å². The molecule has 0 atom stereocenters. The predicted octanol–water partition coefficient (Wildman–Crippen LogP) is 4.25. The monoisotopic (exact) mass is 433 g/mol. The zero-order chi connectivity index (χ0) is 21.1. The van der Waals surface area contributed by atoms with Gasteiger partial charge >= 0.3 is 6.18 Å². The van der Waals surface area contributed by atoms with Gasteiger partial charge in [0, 0.05) is 42.7 Å². The van der Waals surface area contributed by atoms with Gasteiger partial charge in [0.1, 0.15) is 10.7 Å². The summed E-state index contributed by atoms with van der Waals surface area (Å²) >= 11 is 1.49. The van der Waals surface area contributed by atoms with Gasteiger partial charge in [-0.15, -0.1) is 11.3 Å². The molecule has 2 saturated carbocycles. The molecule has 6 nitrogen and oxygen atoms in total. The molecule has 0 unspecified atom stereocenters. The van der Waals surface area contributed by atoms with Gasteiger partial charge in [0.25, 0.3) is 5.91 Å². The van der Waals surface area contributed by atoms with Crippen molar-refractivity contribution in [2.45, 2.75) is 43.3 Å². The van der Waals surface area contributed by atoms with E-state index in [1.54, 1.807) is 12.4 Å². The fourth-order valence-corrected chi connectivity index (χ4v) is 4.58. The number of hydrogen-bond acceptors (Lipinski definition) is 5. The first-order chi connectivity index (χ1) is 14.2. The molecule has 0 spiro atoms. The number of carbonyl (C=O) groups is 1. The Bertz CT molecular complexity index is 1130. The molecule has 1 amide bonds.